The van der Waals surface area contributed by atoms with E-state index in [0.717, 1.165) is 68.7 Å². The number of thiazole rings is 1. The number of hydrogen-bond donors (Lipinski definition) is 0. The van der Waals surface area contributed by atoms with E-state index in [2.05, 4.69) is 4.90 Å². The van der Waals surface area contributed by atoms with Crippen LogP contribution in [0.5, 0.6) is 0 Å². The number of rotatable bonds is 8. The van der Waals surface area contributed by atoms with Crippen molar-refractivity contribution < 1.29 is 17.9 Å². The lowest BCUT2D eigenvalue weighted by Crippen LogP contribution is -2.39. The third-order valence-electron chi connectivity index (χ3n) is 6.83. The number of halogens is 1. The van der Waals surface area contributed by atoms with Crippen molar-refractivity contribution in [3.8, 4) is 0 Å². The molecule has 198 valence electrons. The molecule has 2 aromatic carbocycles. The summed E-state index contributed by atoms with van der Waals surface area (Å²) in [5.41, 5.74) is 1.22. The van der Waals surface area contributed by atoms with E-state index in [-0.39, 0.29) is 10.8 Å². The molecule has 0 radical (unpaired) electrons. The summed E-state index contributed by atoms with van der Waals surface area (Å²) in [5, 5.41) is 1.23. The third kappa shape index (κ3) is 6.16. The highest BCUT2D eigenvalue weighted by Gasteiger charge is 2.27. The summed E-state index contributed by atoms with van der Waals surface area (Å²) in [6.45, 7) is 5.68. The molecule has 3 heterocycles. The van der Waals surface area contributed by atoms with Crippen molar-refractivity contribution >= 4 is 54.2 Å². The van der Waals surface area contributed by atoms with Crippen LogP contribution >= 0.6 is 22.9 Å². The first-order valence-corrected chi connectivity index (χ1v) is 15.3. The molecule has 2 aliphatic heterocycles. The van der Waals surface area contributed by atoms with Crippen molar-refractivity contribution in [2.45, 2.75) is 30.6 Å². The van der Waals surface area contributed by atoms with Gasteiger partial charge in [0, 0.05) is 49.9 Å². The number of nitrogens with zero attached hydrogens (tertiary/aromatic N) is 4. The van der Waals surface area contributed by atoms with Crippen molar-refractivity contribution in [2.75, 3.05) is 57.4 Å². The highest BCUT2D eigenvalue weighted by Crippen LogP contribution is 2.32. The fraction of sp³-hybridized carbons (Fsp3) is 0.462. The van der Waals surface area contributed by atoms with E-state index in [4.69, 9.17) is 21.3 Å². The number of aromatic nitrogens is 1. The largest absolute Gasteiger partial charge is 0.379 e. The van der Waals surface area contributed by atoms with E-state index in [1.165, 1.54) is 15.6 Å². The van der Waals surface area contributed by atoms with Gasteiger partial charge in [-0.1, -0.05) is 29.4 Å². The van der Waals surface area contributed by atoms with E-state index in [1.54, 1.807) is 35.2 Å². The van der Waals surface area contributed by atoms with Crippen LogP contribution in [0.15, 0.2) is 47.4 Å². The van der Waals surface area contributed by atoms with Gasteiger partial charge in [-0.2, -0.15) is 4.31 Å². The number of hydrogen-bond acceptors (Lipinski definition) is 7. The Morgan fingerprint density at radius 3 is 2.49 bits per heavy atom. The first kappa shape index (κ1) is 26.5. The smallest absolute Gasteiger partial charge is 0.260 e. The lowest BCUT2D eigenvalue weighted by Gasteiger charge is -2.28. The number of sulfonamides is 1. The van der Waals surface area contributed by atoms with Gasteiger partial charge in [0.25, 0.3) is 5.91 Å². The first-order valence-electron chi connectivity index (χ1n) is 12.7. The minimum Gasteiger partial charge on any atom is -0.379 e. The minimum atomic E-state index is -3.56. The molecule has 1 amide bonds. The Hall–Kier alpha value is -2.08. The summed E-state index contributed by atoms with van der Waals surface area (Å²) in [6, 6.07) is 11.8. The van der Waals surface area contributed by atoms with Crippen molar-refractivity contribution in [3.63, 3.8) is 0 Å². The second-order valence-electron chi connectivity index (χ2n) is 9.36. The Bertz CT molecular complexity index is 1330. The van der Waals surface area contributed by atoms with E-state index >= 15 is 0 Å². The Balaban J connectivity index is 1.37. The van der Waals surface area contributed by atoms with Gasteiger partial charge >= 0.3 is 0 Å². The SMILES string of the molecule is O=C(c1ccc(S(=O)(=O)N2CCCCC2)cc1)N(CCCN1CCOCC1)c1nc2ccc(Cl)cc2s1. The summed E-state index contributed by atoms with van der Waals surface area (Å²) in [5.74, 6) is -0.200. The van der Waals surface area contributed by atoms with Crippen LogP contribution in [0.25, 0.3) is 10.2 Å². The van der Waals surface area contributed by atoms with Gasteiger partial charge in [-0.15, -0.1) is 0 Å². The standard InChI is InChI=1S/C26H31ClN4O4S2/c27-21-7-10-23-24(19-21)36-26(28-23)31(14-4-11-29-15-17-35-18-16-29)25(32)20-5-8-22(9-6-20)37(33,34)30-12-2-1-3-13-30/h5-10,19H,1-4,11-18H2. The summed E-state index contributed by atoms with van der Waals surface area (Å²) in [4.78, 5) is 22.7. The second kappa shape index (κ2) is 11.8. The van der Waals surface area contributed by atoms with Crippen LogP contribution in [0, 0.1) is 0 Å². The second-order valence-corrected chi connectivity index (χ2v) is 12.7. The van der Waals surface area contributed by atoms with Gasteiger partial charge in [0.15, 0.2) is 5.13 Å². The zero-order chi connectivity index (χ0) is 25.8. The molecule has 0 spiro atoms. The fourth-order valence-electron chi connectivity index (χ4n) is 4.74. The van der Waals surface area contributed by atoms with Crippen molar-refractivity contribution in [2.24, 2.45) is 0 Å². The summed E-state index contributed by atoms with van der Waals surface area (Å²) in [6.07, 6.45) is 3.59. The van der Waals surface area contributed by atoms with Crippen LogP contribution in [0.3, 0.4) is 0 Å². The average molecular weight is 563 g/mol. The predicted octanol–water partition coefficient (Wildman–Crippen LogP) is 4.49. The topological polar surface area (TPSA) is 83.1 Å². The van der Waals surface area contributed by atoms with Crippen LogP contribution < -0.4 is 4.90 Å². The molecular formula is C26H31ClN4O4S2. The highest BCUT2D eigenvalue weighted by molar-refractivity contribution is 7.89. The maximum atomic E-state index is 13.7. The molecule has 0 atom stereocenters. The highest BCUT2D eigenvalue weighted by atomic mass is 35.5. The lowest BCUT2D eigenvalue weighted by molar-refractivity contribution is 0.0376. The van der Waals surface area contributed by atoms with E-state index in [1.807, 2.05) is 12.1 Å². The van der Waals surface area contributed by atoms with Gasteiger partial charge in [-0.05, 0) is 61.7 Å². The van der Waals surface area contributed by atoms with Crippen molar-refractivity contribution in [3.05, 3.63) is 53.1 Å². The van der Waals surface area contributed by atoms with Crippen molar-refractivity contribution in [1.29, 1.82) is 0 Å². The molecule has 11 heteroatoms. The number of fused-ring (bicyclic) bond motifs is 1. The maximum absolute atomic E-state index is 13.7. The van der Waals surface area contributed by atoms with Gasteiger partial charge in [-0.3, -0.25) is 14.6 Å². The molecular weight excluding hydrogens is 532 g/mol. The van der Waals surface area contributed by atoms with Crippen LogP contribution in [-0.4, -0.2) is 81.0 Å². The molecule has 0 unspecified atom stereocenters. The Labute approximate surface area is 226 Å². The molecule has 3 aromatic rings. The molecule has 0 saturated carbocycles. The molecule has 0 bridgehead atoms. The van der Waals surface area contributed by atoms with Crippen LogP contribution in [0.1, 0.15) is 36.0 Å². The number of piperidine rings is 1. The summed E-state index contributed by atoms with van der Waals surface area (Å²) < 4.78 is 34.0. The third-order valence-corrected chi connectivity index (χ3v) is 10.0. The van der Waals surface area contributed by atoms with Crippen LogP contribution in [0.4, 0.5) is 5.13 Å². The molecule has 0 N–H and O–H groups in total. The summed E-state index contributed by atoms with van der Waals surface area (Å²) >= 11 is 7.60. The van der Waals surface area contributed by atoms with Crippen LogP contribution in [-0.2, 0) is 14.8 Å². The van der Waals surface area contributed by atoms with E-state index < -0.39 is 10.0 Å². The monoisotopic (exact) mass is 562 g/mol. The quantitative estimate of drug-likeness (QED) is 0.402. The van der Waals surface area contributed by atoms with Gasteiger partial charge in [0.2, 0.25) is 10.0 Å². The molecule has 5 rings (SSSR count). The number of morpholine rings is 1. The molecule has 8 nitrogen and oxygen atoms in total. The number of carbonyl (C=O) groups is 1. The van der Waals surface area contributed by atoms with Gasteiger partial charge in [0.1, 0.15) is 0 Å². The molecule has 2 aliphatic rings. The molecule has 0 aliphatic carbocycles. The normalized spacial score (nSPS) is 17.8. The van der Waals surface area contributed by atoms with Gasteiger partial charge < -0.3 is 4.74 Å². The molecule has 1 aromatic heterocycles. The fourth-order valence-corrected chi connectivity index (χ4v) is 7.53. The Morgan fingerprint density at radius 1 is 1.03 bits per heavy atom. The molecule has 2 saturated heterocycles. The maximum Gasteiger partial charge on any atom is 0.260 e. The molecule has 37 heavy (non-hydrogen) atoms. The number of anilines is 1. The minimum absolute atomic E-state index is 0.200. The average Bonchev–Trinajstić information content (AvgIpc) is 3.34. The van der Waals surface area contributed by atoms with E-state index in [0.29, 0.717) is 35.4 Å². The Kier molecular flexibility index (Phi) is 8.43. The zero-order valence-electron chi connectivity index (χ0n) is 20.6. The van der Waals surface area contributed by atoms with Crippen LogP contribution in [0.2, 0.25) is 5.02 Å². The number of benzene rings is 2. The van der Waals surface area contributed by atoms with Gasteiger partial charge in [0.05, 0.1) is 28.3 Å². The predicted molar refractivity (Wildman–Crippen MR) is 147 cm³/mol. The molecule has 2 fully saturated rings. The van der Waals surface area contributed by atoms with Crippen molar-refractivity contribution in [1.82, 2.24) is 14.2 Å². The zero-order valence-corrected chi connectivity index (χ0v) is 23.0. The lowest BCUT2D eigenvalue weighted by atomic mass is 10.2. The Morgan fingerprint density at radius 2 is 1.76 bits per heavy atom. The van der Waals surface area contributed by atoms with Gasteiger partial charge in [-0.25, -0.2) is 13.4 Å². The van der Waals surface area contributed by atoms with E-state index in [9.17, 15) is 13.2 Å². The number of amides is 1. The first-order chi connectivity index (χ1) is 17.9. The number of carbonyl (C=O) groups excluding carboxylic acids is 1. The summed E-state index contributed by atoms with van der Waals surface area (Å²) in [7, 11) is -3.56. The number of ether oxygens (including phenoxy) is 1.